The summed E-state index contributed by atoms with van der Waals surface area (Å²) in [7, 11) is 1.62. The standard InChI is InChI=1S/C21H24ClNO3/c1-3-10-26-19-9-8-14(11-20(19)25-2)13-23-21(24)17-12-16(17)15-6-4-5-7-18(15)22/h4-9,11,16-17H,3,10,12-13H2,1-2H3,(H,23,24). The highest BCUT2D eigenvalue weighted by molar-refractivity contribution is 6.31. The predicted octanol–water partition coefficient (Wildman–Crippen LogP) is 4.56. The first-order valence-corrected chi connectivity index (χ1v) is 9.33. The molecule has 0 aromatic heterocycles. The van der Waals surface area contributed by atoms with Gasteiger partial charge in [-0.15, -0.1) is 0 Å². The van der Waals surface area contributed by atoms with E-state index in [4.69, 9.17) is 21.1 Å². The molecule has 26 heavy (non-hydrogen) atoms. The number of benzene rings is 2. The van der Waals surface area contributed by atoms with Crippen LogP contribution in [0.4, 0.5) is 0 Å². The molecular formula is C21H24ClNO3. The summed E-state index contributed by atoms with van der Waals surface area (Å²) in [6.07, 6.45) is 1.79. The maximum absolute atomic E-state index is 12.4. The molecule has 1 saturated carbocycles. The van der Waals surface area contributed by atoms with Crippen LogP contribution in [0.5, 0.6) is 11.5 Å². The van der Waals surface area contributed by atoms with E-state index < -0.39 is 0 Å². The number of hydrogen-bond donors (Lipinski definition) is 1. The lowest BCUT2D eigenvalue weighted by atomic mass is 10.1. The van der Waals surface area contributed by atoms with Gasteiger partial charge < -0.3 is 14.8 Å². The van der Waals surface area contributed by atoms with E-state index in [0.29, 0.717) is 18.9 Å². The van der Waals surface area contributed by atoms with Gasteiger partial charge in [0, 0.05) is 17.5 Å². The summed E-state index contributed by atoms with van der Waals surface area (Å²) in [4.78, 5) is 12.4. The molecule has 2 aromatic carbocycles. The molecule has 2 unspecified atom stereocenters. The molecule has 1 aliphatic rings. The van der Waals surface area contributed by atoms with E-state index >= 15 is 0 Å². The summed E-state index contributed by atoms with van der Waals surface area (Å²) in [5.41, 5.74) is 2.04. The average Bonchev–Trinajstić information content (AvgIpc) is 3.45. The highest BCUT2D eigenvalue weighted by Crippen LogP contribution is 2.49. The van der Waals surface area contributed by atoms with E-state index in [-0.39, 0.29) is 17.7 Å². The largest absolute Gasteiger partial charge is 0.493 e. The molecule has 4 nitrogen and oxygen atoms in total. The molecule has 0 bridgehead atoms. The predicted molar refractivity (Wildman–Crippen MR) is 103 cm³/mol. The molecule has 0 aliphatic heterocycles. The van der Waals surface area contributed by atoms with Crippen LogP contribution in [-0.4, -0.2) is 19.6 Å². The number of amides is 1. The third kappa shape index (κ3) is 4.31. The minimum Gasteiger partial charge on any atom is -0.493 e. The third-order valence-corrected chi connectivity index (χ3v) is 4.93. The number of rotatable bonds is 8. The Bertz CT molecular complexity index is 778. The Morgan fingerprint density at radius 2 is 2.04 bits per heavy atom. The molecule has 1 N–H and O–H groups in total. The molecule has 1 fully saturated rings. The van der Waals surface area contributed by atoms with Crippen LogP contribution in [-0.2, 0) is 11.3 Å². The SMILES string of the molecule is CCCOc1ccc(CNC(=O)C2CC2c2ccccc2Cl)cc1OC. The van der Waals surface area contributed by atoms with Crippen LogP contribution in [0.1, 0.15) is 36.8 Å². The lowest BCUT2D eigenvalue weighted by molar-refractivity contribution is -0.122. The van der Waals surface area contributed by atoms with Crippen molar-refractivity contribution in [2.24, 2.45) is 5.92 Å². The van der Waals surface area contributed by atoms with E-state index in [1.54, 1.807) is 7.11 Å². The second-order valence-electron chi connectivity index (χ2n) is 6.52. The van der Waals surface area contributed by atoms with Gasteiger partial charge in [-0.25, -0.2) is 0 Å². The van der Waals surface area contributed by atoms with Crippen molar-refractivity contribution in [3.63, 3.8) is 0 Å². The fourth-order valence-electron chi connectivity index (χ4n) is 3.08. The van der Waals surface area contributed by atoms with Gasteiger partial charge >= 0.3 is 0 Å². The summed E-state index contributed by atoms with van der Waals surface area (Å²) in [6, 6.07) is 13.5. The molecule has 5 heteroatoms. The van der Waals surface area contributed by atoms with Gasteiger partial charge in [0.2, 0.25) is 5.91 Å². The van der Waals surface area contributed by atoms with E-state index in [1.165, 1.54) is 0 Å². The van der Waals surface area contributed by atoms with Gasteiger partial charge in [0.25, 0.3) is 0 Å². The summed E-state index contributed by atoms with van der Waals surface area (Å²) >= 11 is 6.23. The third-order valence-electron chi connectivity index (χ3n) is 4.59. The number of nitrogens with one attached hydrogen (secondary N) is 1. The monoisotopic (exact) mass is 373 g/mol. The van der Waals surface area contributed by atoms with E-state index in [0.717, 1.165) is 34.7 Å². The van der Waals surface area contributed by atoms with Gasteiger partial charge in [0.15, 0.2) is 11.5 Å². The van der Waals surface area contributed by atoms with Gasteiger partial charge in [-0.1, -0.05) is 42.8 Å². The van der Waals surface area contributed by atoms with Gasteiger partial charge in [-0.2, -0.15) is 0 Å². The highest BCUT2D eigenvalue weighted by Gasteiger charge is 2.44. The molecule has 2 aromatic rings. The molecule has 0 heterocycles. The Labute approximate surface area is 159 Å². The lowest BCUT2D eigenvalue weighted by Crippen LogP contribution is -2.24. The smallest absolute Gasteiger partial charge is 0.224 e. The summed E-state index contributed by atoms with van der Waals surface area (Å²) in [6.45, 7) is 3.18. The molecule has 1 amide bonds. The number of carbonyl (C=O) groups is 1. The zero-order chi connectivity index (χ0) is 18.5. The van der Waals surface area contributed by atoms with Crippen LogP contribution >= 0.6 is 11.6 Å². The number of hydrogen-bond acceptors (Lipinski definition) is 3. The minimum atomic E-state index is 0.00366. The zero-order valence-electron chi connectivity index (χ0n) is 15.1. The van der Waals surface area contributed by atoms with E-state index in [9.17, 15) is 4.79 Å². The Hall–Kier alpha value is -2.20. The van der Waals surface area contributed by atoms with Crippen LogP contribution in [0, 0.1) is 5.92 Å². The molecule has 0 spiro atoms. The van der Waals surface area contributed by atoms with Crippen molar-refractivity contribution in [1.82, 2.24) is 5.32 Å². The Morgan fingerprint density at radius 3 is 2.77 bits per heavy atom. The van der Waals surface area contributed by atoms with Crippen LogP contribution in [0.15, 0.2) is 42.5 Å². The van der Waals surface area contributed by atoms with Crippen LogP contribution in [0.2, 0.25) is 5.02 Å². The normalized spacial score (nSPS) is 18.3. The Balaban J connectivity index is 1.56. The van der Waals surface area contributed by atoms with Crippen molar-refractivity contribution >= 4 is 17.5 Å². The molecule has 1 aliphatic carbocycles. The molecule has 0 saturated heterocycles. The molecule has 3 rings (SSSR count). The average molecular weight is 374 g/mol. The molecule has 2 atom stereocenters. The zero-order valence-corrected chi connectivity index (χ0v) is 15.9. The molecule has 0 radical (unpaired) electrons. The van der Waals surface area contributed by atoms with Crippen molar-refractivity contribution in [3.8, 4) is 11.5 Å². The number of ether oxygens (including phenoxy) is 2. The number of halogens is 1. The van der Waals surface area contributed by atoms with Crippen molar-refractivity contribution in [3.05, 3.63) is 58.6 Å². The van der Waals surface area contributed by atoms with Crippen LogP contribution in [0.25, 0.3) is 0 Å². The Morgan fingerprint density at radius 1 is 1.23 bits per heavy atom. The second kappa shape index (κ2) is 8.45. The van der Waals surface area contributed by atoms with E-state index in [1.807, 2.05) is 42.5 Å². The van der Waals surface area contributed by atoms with Crippen LogP contribution in [0.3, 0.4) is 0 Å². The van der Waals surface area contributed by atoms with Gasteiger partial charge in [-0.3, -0.25) is 4.79 Å². The van der Waals surface area contributed by atoms with Gasteiger partial charge in [-0.05, 0) is 48.1 Å². The number of carbonyl (C=O) groups excluding carboxylic acids is 1. The topological polar surface area (TPSA) is 47.6 Å². The quantitative estimate of drug-likeness (QED) is 0.738. The first-order valence-electron chi connectivity index (χ1n) is 8.96. The molecular weight excluding hydrogens is 350 g/mol. The van der Waals surface area contributed by atoms with Crippen molar-refractivity contribution in [2.75, 3.05) is 13.7 Å². The van der Waals surface area contributed by atoms with Gasteiger partial charge in [0.1, 0.15) is 0 Å². The lowest BCUT2D eigenvalue weighted by Gasteiger charge is -2.12. The molecule has 138 valence electrons. The van der Waals surface area contributed by atoms with Crippen molar-refractivity contribution in [1.29, 1.82) is 0 Å². The van der Waals surface area contributed by atoms with Gasteiger partial charge in [0.05, 0.1) is 13.7 Å². The van der Waals surface area contributed by atoms with E-state index in [2.05, 4.69) is 12.2 Å². The second-order valence-corrected chi connectivity index (χ2v) is 6.93. The maximum Gasteiger partial charge on any atom is 0.224 e. The number of methoxy groups -OCH3 is 1. The van der Waals surface area contributed by atoms with Crippen LogP contribution < -0.4 is 14.8 Å². The summed E-state index contributed by atoms with van der Waals surface area (Å²) < 4.78 is 11.0. The maximum atomic E-state index is 12.4. The Kier molecular flexibility index (Phi) is 6.04. The first-order chi connectivity index (χ1) is 12.6. The highest BCUT2D eigenvalue weighted by atomic mass is 35.5. The van der Waals surface area contributed by atoms with Crippen molar-refractivity contribution in [2.45, 2.75) is 32.2 Å². The summed E-state index contributed by atoms with van der Waals surface area (Å²) in [5.74, 6) is 1.71. The van der Waals surface area contributed by atoms with Crippen molar-refractivity contribution < 1.29 is 14.3 Å². The fraction of sp³-hybridized carbons (Fsp3) is 0.381. The summed E-state index contributed by atoms with van der Waals surface area (Å²) in [5, 5.41) is 3.75. The first kappa shape index (κ1) is 18.6. The fourth-order valence-corrected chi connectivity index (χ4v) is 3.35. The minimum absolute atomic E-state index is 0.00366.